The molecule has 0 aliphatic carbocycles. The van der Waals surface area contributed by atoms with Gasteiger partial charge in [0.2, 0.25) is 0 Å². The zero-order valence-corrected chi connectivity index (χ0v) is 15.1. The molecule has 3 aromatic rings. The number of hydrogen-bond acceptors (Lipinski definition) is 4. The third kappa shape index (κ3) is 3.85. The Morgan fingerprint density at radius 2 is 1.92 bits per heavy atom. The minimum Gasteiger partial charge on any atom is -0.497 e. The Balaban J connectivity index is 1.92. The molecule has 0 N–H and O–H groups in total. The number of carbonyl (C=O) groups is 1. The number of Topliss-reactive ketones (excluding diaryl/α,β-unsaturated/α-hetero) is 1. The second kappa shape index (κ2) is 7.44. The molecule has 1 heterocycles. The highest BCUT2D eigenvalue weighted by Gasteiger charge is 2.12. The van der Waals surface area contributed by atoms with Crippen molar-refractivity contribution in [2.45, 2.75) is 6.54 Å². The predicted molar refractivity (Wildman–Crippen MR) is 99.0 cm³/mol. The number of rotatable bonds is 5. The van der Waals surface area contributed by atoms with Gasteiger partial charge in [-0.25, -0.2) is 4.68 Å². The molecule has 1 aromatic heterocycles. The largest absolute Gasteiger partial charge is 0.497 e. The number of ketones is 1. The van der Waals surface area contributed by atoms with Crippen molar-refractivity contribution in [3.05, 3.63) is 81.1 Å². The lowest BCUT2D eigenvalue weighted by Crippen LogP contribution is -2.26. The highest BCUT2D eigenvalue weighted by atomic mass is 79.9. The molecule has 6 heteroatoms. The summed E-state index contributed by atoms with van der Waals surface area (Å²) in [6.45, 7) is -0.135. The molecule has 0 atom stereocenters. The Morgan fingerprint density at radius 1 is 1.12 bits per heavy atom. The van der Waals surface area contributed by atoms with E-state index in [2.05, 4.69) is 21.0 Å². The van der Waals surface area contributed by atoms with Crippen molar-refractivity contribution in [3.63, 3.8) is 0 Å². The first-order valence-electron chi connectivity index (χ1n) is 7.59. The van der Waals surface area contributed by atoms with E-state index in [4.69, 9.17) is 4.74 Å². The lowest BCUT2D eigenvalue weighted by Gasteiger charge is -2.08. The van der Waals surface area contributed by atoms with Gasteiger partial charge in [0.05, 0.1) is 12.8 Å². The molecule has 0 aliphatic rings. The molecule has 5 nitrogen and oxygen atoms in total. The molecule has 126 valence electrons. The Labute approximate surface area is 153 Å². The fraction of sp³-hybridized carbons (Fsp3) is 0.105. The van der Waals surface area contributed by atoms with Gasteiger partial charge in [-0.1, -0.05) is 46.3 Å². The van der Waals surface area contributed by atoms with Gasteiger partial charge >= 0.3 is 0 Å². The van der Waals surface area contributed by atoms with Crippen LogP contribution in [0.1, 0.15) is 10.4 Å². The maximum absolute atomic E-state index is 12.5. The SMILES string of the molecule is COc1cccc(C(=O)Cn2nc(-c3ccccc3Br)ccc2=O)c1. The lowest BCUT2D eigenvalue weighted by atomic mass is 10.1. The average molecular weight is 399 g/mol. The number of methoxy groups -OCH3 is 1. The summed E-state index contributed by atoms with van der Waals surface area (Å²) in [4.78, 5) is 24.6. The molecule has 25 heavy (non-hydrogen) atoms. The highest BCUT2D eigenvalue weighted by molar-refractivity contribution is 9.10. The zero-order valence-electron chi connectivity index (χ0n) is 13.5. The summed E-state index contributed by atoms with van der Waals surface area (Å²) in [5.74, 6) is 0.380. The normalized spacial score (nSPS) is 10.5. The van der Waals surface area contributed by atoms with Crippen molar-refractivity contribution < 1.29 is 9.53 Å². The molecule has 0 unspecified atom stereocenters. The zero-order chi connectivity index (χ0) is 17.8. The Kier molecular flexibility index (Phi) is 5.09. The van der Waals surface area contributed by atoms with Crippen molar-refractivity contribution in [1.82, 2.24) is 9.78 Å². The van der Waals surface area contributed by atoms with Crippen LogP contribution in [0.25, 0.3) is 11.3 Å². The van der Waals surface area contributed by atoms with Gasteiger partial charge in [0.15, 0.2) is 5.78 Å². The molecule has 2 aromatic carbocycles. The van der Waals surface area contributed by atoms with Crippen LogP contribution < -0.4 is 10.3 Å². The number of nitrogens with zero attached hydrogens (tertiary/aromatic N) is 2. The van der Waals surface area contributed by atoms with Crippen LogP contribution in [0.3, 0.4) is 0 Å². The summed E-state index contributed by atoms with van der Waals surface area (Å²) in [5.41, 5.74) is 1.61. The minimum absolute atomic E-state index is 0.135. The van der Waals surface area contributed by atoms with Gasteiger partial charge in [-0.05, 0) is 24.3 Å². The number of halogens is 1. The van der Waals surface area contributed by atoms with Gasteiger partial charge in [0.25, 0.3) is 5.56 Å². The maximum atomic E-state index is 12.5. The number of hydrogen-bond donors (Lipinski definition) is 0. The molecule has 0 spiro atoms. The molecule has 0 aliphatic heterocycles. The van der Waals surface area contributed by atoms with E-state index in [0.29, 0.717) is 17.0 Å². The Bertz CT molecular complexity index is 982. The molecule has 0 radical (unpaired) electrons. The maximum Gasteiger partial charge on any atom is 0.267 e. The summed E-state index contributed by atoms with van der Waals surface area (Å²) >= 11 is 3.47. The van der Waals surface area contributed by atoms with Gasteiger partial charge in [0.1, 0.15) is 12.3 Å². The van der Waals surface area contributed by atoms with Crippen LogP contribution >= 0.6 is 15.9 Å². The van der Waals surface area contributed by atoms with Crippen molar-refractivity contribution in [1.29, 1.82) is 0 Å². The quantitative estimate of drug-likeness (QED) is 0.616. The van der Waals surface area contributed by atoms with Crippen molar-refractivity contribution in [2.75, 3.05) is 7.11 Å². The van der Waals surface area contributed by atoms with Crippen LogP contribution in [0.4, 0.5) is 0 Å². The average Bonchev–Trinajstić information content (AvgIpc) is 2.64. The summed E-state index contributed by atoms with van der Waals surface area (Å²) in [6, 6.07) is 17.5. The summed E-state index contributed by atoms with van der Waals surface area (Å²) in [7, 11) is 1.54. The van der Waals surface area contributed by atoms with Crippen LogP contribution in [-0.2, 0) is 6.54 Å². The predicted octanol–water partition coefficient (Wildman–Crippen LogP) is 3.56. The van der Waals surface area contributed by atoms with Crippen molar-refractivity contribution >= 4 is 21.7 Å². The standard InChI is InChI=1S/C19H15BrN2O3/c1-25-14-6-4-5-13(11-14)18(23)12-22-19(24)10-9-17(21-22)15-7-2-3-8-16(15)20/h2-11H,12H2,1H3. The number of benzene rings is 2. The van der Waals surface area contributed by atoms with Crippen LogP contribution in [0.2, 0.25) is 0 Å². The van der Waals surface area contributed by atoms with E-state index >= 15 is 0 Å². The summed E-state index contributed by atoms with van der Waals surface area (Å²) in [6.07, 6.45) is 0. The molecule has 0 bridgehead atoms. The van der Waals surface area contributed by atoms with Gasteiger partial charge in [-0.15, -0.1) is 0 Å². The number of ether oxygens (including phenoxy) is 1. The Morgan fingerprint density at radius 3 is 2.68 bits per heavy atom. The van der Waals surface area contributed by atoms with Gasteiger partial charge < -0.3 is 4.74 Å². The third-order valence-electron chi connectivity index (χ3n) is 3.70. The number of aromatic nitrogens is 2. The molecular formula is C19H15BrN2O3. The second-order valence-electron chi connectivity index (χ2n) is 5.35. The fourth-order valence-corrected chi connectivity index (χ4v) is 2.89. The monoisotopic (exact) mass is 398 g/mol. The van der Waals surface area contributed by atoms with Crippen LogP contribution in [0.15, 0.2) is 69.9 Å². The first kappa shape index (κ1) is 17.1. The lowest BCUT2D eigenvalue weighted by molar-refractivity contribution is 0.0965. The van der Waals surface area contributed by atoms with E-state index < -0.39 is 0 Å². The first-order valence-corrected chi connectivity index (χ1v) is 8.38. The fourth-order valence-electron chi connectivity index (χ4n) is 2.40. The topological polar surface area (TPSA) is 61.2 Å². The van der Waals surface area contributed by atoms with Gasteiger partial charge in [-0.3, -0.25) is 9.59 Å². The highest BCUT2D eigenvalue weighted by Crippen LogP contribution is 2.25. The second-order valence-corrected chi connectivity index (χ2v) is 6.20. The minimum atomic E-state index is -0.327. The molecule has 0 saturated heterocycles. The van der Waals surface area contributed by atoms with Crippen LogP contribution in [-0.4, -0.2) is 22.7 Å². The van der Waals surface area contributed by atoms with Crippen LogP contribution in [0.5, 0.6) is 5.75 Å². The van der Waals surface area contributed by atoms with E-state index in [-0.39, 0.29) is 17.9 Å². The van der Waals surface area contributed by atoms with E-state index in [9.17, 15) is 9.59 Å². The van der Waals surface area contributed by atoms with Gasteiger partial charge in [0, 0.05) is 21.7 Å². The van der Waals surface area contributed by atoms with Crippen molar-refractivity contribution in [2.24, 2.45) is 0 Å². The molecule has 0 amide bonds. The van der Waals surface area contributed by atoms with E-state index in [0.717, 1.165) is 10.0 Å². The van der Waals surface area contributed by atoms with Crippen molar-refractivity contribution in [3.8, 4) is 17.0 Å². The first-order chi connectivity index (χ1) is 12.1. The smallest absolute Gasteiger partial charge is 0.267 e. The van der Waals surface area contributed by atoms with Gasteiger partial charge in [-0.2, -0.15) is 5.10 Å². The molecule has 3 rings (SSSR count). The summed E-state index contributed by atoms with van der Waals surface area (Å²) < 4.78 is 7.17. The Hall–Kier alpha value is -2.73. The third-order valence-corrected chi connectivity index (χ3v) is 4.39. The molecular weight excluding hydrogens is 384 g/mol. The summed E-state index contributed by atoms with van der Waals surface area (Å²) in [5, 5.41) is 4.33. The molecule has 0 saturated carbocycles. The van der Waals surface area contributed by atoms with E-state index in [1.807, 2.05) is 24.3 Å². The van der Waals surface area contributed by atoms with Crippen LogP contribution in [0, 0.1) is 0 Å². The van der Waals surface area contributed by atoms with E-state index in [1.54, 1.807) is 30.3 Å². The number of carbonyl (C=O) groups excluding carboxylic acids is 1. The van der Waals surface area contributed by atoms with E-state index in [1.165, 1.54) is 17.9 Å². The molecule has 0 fully saturated rings.